The Labute approximate surface area is 165 Å². The highest BCUT2D eigenvalue weighted by Gasteiger charge is 2.44. The summed E-state index contributed by atoms with van der Waals surface area (Å²) in [5.74, 6) is -0.570. The lowest BCUT2D eigenvalue weighted by atomic mass is 9.79. The molecule has 0 amide bonds. The van der Waals surface area contributed by atoms with Gasteiger partial charge in [-0.1, -0.05) is 36.6 Å². The molecule has 1 heterocycles. The van der Waals surface area contributed by atoms with Crippen LogP contribution in [0.2, 0.25) is 5.02 Å². The van der Waals surface area contributed by atoms with Crippen molar-refractivity contribution in [3.05, 3.63) is 75.0 Å². The SMILES string of the molecule is O=C(OCc1nc2cc(Cl)ccc2c(=O)[nH]1)C1(c2cccc(F)c2)CCCC1. The number of fused-ring (bicyclic) bond motifs is 1. The molecule has 1 fully saturated rings. The minimum Gasteiger partial charge on any atom is -0.457 e. The van der Waals surface area contributed by atoms with Crippen molar-refractivity contribution in [1.29, 1.82) is 0 Å². The van der Waals surface area contributed by atoms with Gasteiger partial charge in [0, 0.05) is 5.02 Å². The number of carbonyl (C=O) groups is 1. The quantitative estimate of drug-likeness (QED) is 0.664. The average molecular weight is 401 g/mol. The van der Waals surface area contributed by atoms with Gasteiger partial charge in [0.25, 0.3) is 5.56 Å². The number of benzene rings is 2. The zero-order valence-electron chi connectivity index (χ0n) is 15.0. The van der Waals surface area contributed by atoms with Gasteiger partial charge in [-0.25, -0.2) is 9.37 Å². The molecule has 7 heteroatoms. The van der Waals surface area contributed by atoms with Gasteiger partial charge in [0.2, 0.25) is 0 Å². The van der Waals surface area contributed by atoms with E-state index in [0.717, 1.165) is 12.8 Å². The van der Waals surface area contributed by atoms with Crippen molar-refractivity contribution in [2.45, 2.75) is 37.7 Å². The van der Waals surface area contributed by atoms with Crippen LogP contribution in [0.1, 0.15) is 37.1 Å². The van der Waals surface area contributed by atoms with Crippen LogP contribution in [0.3, 0.4) is 0 Å². The van der Waals surface area contributed by atoms with Crippen molar-refractivity contribution in [3.63, 3.8) is 0 Å². The number of hydrogen-bond acceptors (Lipinski definition) is 4. The van der Waals surface area contributed by atoms with Crippen LogP contribution in [0.4, 0.5) is 4.39 Å². The predicted octanol–water partition coefficient (Wildman–Crippen LogP) is 4.27. The number of aromatic nitrogens is 2. The third kappa shape index (κ3) is 3.40. The van der Waals surface area contributed by atoms with E-state index in [-0.39, 0.29) is 23.8 Å². The first-order valence-electron chi connectivity index (χ1n) is 9.10. The number of esters is 1. The molecular formula is C21H18ClFN2O3. The first kappa shape index (κ1) is 18.6. The van der Waals surface area contributed by atoms with Gasteiger partial charge in [0.05, 0.1) is 16.3 Å². The molecule has 1 aliphatic carbocycles. The zero-order chi connectivity index (χ0) is 19.7. The molecule has 1 saturated carbocycles. The number of ether oxygens (including phenoxy) is 1. The van der Waals surface area contributed by atoms with Gasteiger partial charge in [0.15, 0.2) is 0 Å². The Balaban J connectivity index is 1.59. The fourth-order valence-corrected chi connectivity index (χ4v) is 4.04. The van der Waals surface area contributed by atoms with Crippen molar-refractivity contribution in [2.24, 2.45) is 0 Å². The maximum atomic E-state index is 13.7. The minimum atomic E-state index is -0.859. The molecule has 0 aliphatic heterocycles. The standard InChI is InChI=1S/C21H18ClFN2O3/c22-14-6-7-16-17(11-14)24-18(25-19(16)26)12-28-20(27)21(8-1-2-9-21)13-4-3-5-15(23)10-13/h3-7,10-11H,1-2,8-9,12H2,(H,24,25,26). The summed E-state index contributed by atoms with van der Waals surface area (Å²) in [5, 5.41) is 0.871. The first-order chi connectivity index (χ1) is 13.5. The number of rotatable bonds is 4. The smallest absolute Gasteiger partial charge is 0.317 e. The van der Waals surface area contributed by atoms with Crippen LogP contribution in [0, 0.1) is 5.82 Å². The van der Waals surface area contributed by atoms with Crippen LogP contribution >= 0.6 is 11.6 Å². The molecule has 4 rings (SSSR count). The molecule has 2 aromatic carbocycles. The third-order valence-corrected chi connectivity index (χ3v) is 5.52. The molecule has 0 bridgehead atoms. The maximum absolute atomic E-state index is 13.7. The van der Waals surface area contributed by atoms with Gasteiger partial charge in [-0.05, 0) is 48.7 Å². The number of aromatic amines is 1. The van der Waals surface area contributed by atoms with Crippen molar-refractivity contribution < 1.29 is 13.9 Å². The Bertz CT molecular complexity index is 1110. The van der Waals surface area contributed by atoms with Gasteiger partial charge >= 0.3 is 5.97 Å². The summed E-state index contributed by atoms with van der Waals surface area (Å²) >= 11 is 5.97. The molecule has 0 spiro atoms. The topological polar surface area (TPSA) is 72.0 Å². The monoisotopic (exact) mass is 400 g/mol. The third-order valence-electron chi connectivity index (χ3n) is 5.28. The number of halogens is 2. The van der Waals surface area contributed by atoms with Gasteiger partial charge in [-0.15, -0.1) is 0 Å². The molecule has 0 radical (unpaired) electrons. The Morgan fingerprint density at radius 1 is 1.21 bits per heavy atom. The molecule has 1 aliphatic rings. The lowest BCUT2D eigenvalue weighted by molar-refractivity contribution is -0.152. The van der Waals surface area contributed by atoms with Crippen LogP contribution in [0.15, 0.2) is 47.3 Å². The molecule has 5 nitrogen and oxygen atoms in total. The number of carbonyl (C=O) groups excluding carboxylic acids is 1. The van der Waals surface area contributed by atoms with Crippen molar-refractivity contribution >= 4 is 28.5 Å². The highest BCUT2D eigenvalue weighted by Crippen LogP contribution is 2.42. The second kappa shape index (κ2) is 7.36. The van der Waals surface area contributed by atoms with E-state index in [9.17, 15) is 14.0 Å². The molecule has 28 heavy (non-hydrogen) atoms. The van der Waals surface area contributed by atoms with Gasteiger partial charge in [0.1, 0.15) is 18.2 Å². The van der Waals surface area contributed by atoms with Gasteiger partial charge in [-0.2, -0.15) is 0 Å². The maximum Gasteiger partial charge on any atom is 0.317 e. The Kier molecular flexibility index (Phi) is 4.89. The predicted molar refractivity (Wildman–Crippen MR) is 104 cm³/mol. The molecule has 1 aromatic heterocycles. The summed E-state index contributed by atoms with van der Waals surface area (Å²) < 4.78 is 19.2. The van der Waals surface area contributed by atoms with Crippen LogP contribution in [-0.2, 0) is 21.6 Å². The average Bonchev–Trinajstić information content (AvgIpc) is 3.17. The Hall–Kier alpha value is -2.73. The van der Waals surface area contributed by atoms with Crippen LogP contribution in [-0.4, -0.2) is 15.9 Å². The van der Waals surface area contributed by atoms with Crippen molar-refractivity contribution in [1.82, 2.24) is 9.97 Å². The second-order valence-electron chi connectivity index (χ2n) is 7.05. The van der Waals surface area contributed by atoms with Crippen molar-refractivity contribution in [2.75, 3.05) is 0 Å². The summed E-state index contributed by atoms with van der Waals surface area (Å²) in [7, 11) is 0. The summed E-state index contributed by atoms with van der Waals surface area (Å²) in [6, 6.07) is 10.9. The van der Waals surface area contributed by atoms with E-state index < -0.39 is 11.4 Å². The van der Waals surface area contributed by atoms with Crippen LogP contribution in [0.25, 0.3) is 10.9 Å². The largest absolute Gasteiger partial charge is 0.457 e. The lowest BCUT2D eigenvalue weighted by Gasteiger charge is -2.27. The number of nitrogens with one attached hydrogen (secondary N) is 1. The second-order valence-corrected chi connectivity index (χ2v) is 7.49. The lowest BCUT2D eigenvalue weighted by Crippen LogP contribution is -2.35. The fraction of sp³-hybridized carbons (Fsp3) is 0.286. The number of hydrogen-bond donors (Lipinski definition) is 1. The molecule has 3 aromatic rings. The number of nitrogens with zero attached hydrogens (tertiary/aromatic N) is 1. The number of H-pyrrole nitrogens is 1. The van der Waals surface area contributed by atoms with Crippen LogP contribution in [0.5, 0.6) is 0 Å². The van der Waals surface area contributed by atoms with Crippen LogP contribution < -0.4 is 5.56 Å². The molecule has 0 atom stereocenters. The van der Waals surface area contributed by atoms with E-state index in [4.69, 9.17) is 16.3 Å². The van der Waals surface area contributed by atoms with E-state index in [2.05, 4.69) is 9.97 Å². The summed E-state index contributed by atoms with van der Waals surface area (Å²) in [4.78, 5) is 32.1. The molecule has 1 N–H and O–H groups in total. The zero-order valence-corrected chi connectivity index (χ0v) is 15.8. The van der Waals surface area contributed by atoms with E-state index in [1.54, 1.807) is 30.3 Å². The molecule has 0 saturated heterocycles. The van der Waals surface area contributed by atoms with Gasteiger partial charge in [-0.3, -0.25) is 9.59 Å². The summed E-state index contributed by atoms with van der Waals surface area (Å²) in [5.41, 5.74) is -0.124. The first-order valence-corrected chi connectivity index (χ1v) is 9.47. The van der Waals surface area contributed by atoms with Gasteiger partial charge < -0.3 is 9.72 Å². The van der Waals surface area contributed by atoms with E-state index >= 15 is 0 Å². The fourth-order valence-electron chi connectivity index (χ4n) is 3.88. The molecule has 0 unspecified atom stereocenters. The summed E-state index contributed by atoms with van der Waals surface area (Å²) in [6.45, 7) is -0.173. The highest BCUT2D eigenvalue weighted by atomic mass is 35.5. The Morgan fingerprint density at radius 3 is 2.75 bits per heavy atom. The highest BCUT2D eigenvalue weighted by molar-refractivity contribution is 6.31. The van der Waals surface area contributed by atoms with E-state index in [1.165, 1.54) is 12.1 Å². The van der Waals surface area contributed by atoms with Crippen molar-refractivity contribution in [3.8, 4) is 0 Å². The molecular weight excluding hydrogens is 383 g/mol. The van der Waals surface area contributed by atoms with E-state index in [1.807, 2.05) is 0 Å². The molecule has 144 valence electrons. The Morgan fingerprint density at radius 2 is 2.00 bits per heavy atom. The normalized spacial score (nSPS) is 15.6. The summed E-state index contributed by atoms with van der Waals surface area (Å²) in [6.07, 6.45) is 2.95. The van der Waals surface area contributed by atoms with E-state index in [0.29, 0.717) is 34.3 Å². The minimum absolute atomic E-state index is 0.173.